The summed E-state index contributed by atoms with van der Waals surface area (Å²) in [5, 5.41) is 5.50. The van der Waals surface area contributed by atoms with Crippen LogP contribution in [0.5, 0.6) is 5.75 Å². The molecule has 180 valence electrons. The van der Waals surface area contributed by atoms with E-state index in [9.17, 15) is 18.0 Å². The average Bonchev–Trinajstić information content (AvgIpc) is 3.46. The van der Waals surface area contributed by atoms with Gasteiger partial charge in [0.2, 0.25) is 5.95 Å². The Morgan fingerprint density at radius 3 is 2.59 bits per heavy atom. The number of aromatic nitrogens is 3. The van der Waals surface area contributed by atoms with Gasteiger partial charge in [0.15, 0.2) is 5.13 Å². The largest absolute Gasteiger partial charge is 0.573 e. The number of nitrogens with zero attached hydrogens (tertiary/aromatic N) is 4. The van der Waals surface area contributed by atoms with E-state index in [2.05, 4.69) is 25.4 Å². The highest BCUT2D eigenvalue weighted by Gasteiger charge is 2.31. The molecule has 2 aromatic carbocycles. The molecule has 0 radical (unpaired) electrons. The summed E-state index contributed by atoms with van der Waals surface area (Å²) >= 11 is 1.18. The maximum atomic E-state index is 12.5. The molecule has 0 saturated carbocycles. The summed E-state index contributed by atoms with van der Waals surface area (Å²) in [5.74, 6) is 0.0163. The number of alkyl halides is 3. The summed E-state index contributed by atoms with van der Waals surface area (Å²) in [6.45, 7) is 1.69. The topological polar surface area (TPSA) is 84.3 Å². The Hall–Kier alpha value is -3.09. The molecule has 13 heteroatoms. The fourth-order valence-corrected chi connectivity index (χ4v) is 4.63. The Labute approximate surface area is 202 Å². The number of nitrogens with one attached hydrogen (secondary N) is 2. The van der Waals surface area contributed by atoms with Crippen molar-refractivity contribution in [2.24, 2.45) is 7.05 Å². The third kappa shape index (κ3) is 5.03. The second kappa shape index (κ2) is 9.28. The molecule has 0 atom stereocenters. The van der Waals surface area contributed by atoms with Crippen LogP contribution in [0, 0.1) is 0 Å². The Balaban J connectivity index is 0.00000274. The maximum absolute atomic E-state index is 12.5. The van der Waals surface area contributed by atoms with E-state index in [1.807, 2.05) is 22.7 Å². The molecular weight excluding hydrogens is 493 g/mol. The van der Waals surface area contributed by atoms with Crippen molar-refractivity contribution in [2.75, 3.05) is 18.4 Å². The van der Waals surface area contributed by atoms with Crippen LogP contribution in [0.25, 0.3) is 21.3 Å². The van der Waals surface area contributed by atoms with Crippen molar-refractivity contribution in [2.45, 2.75) is 19.2 Å². The highest BCUT2D eigenvalue weighted by Crippen LogP contribution is 2.33. The third-order valence-corrected chi connectivity index (χ3v) is 6.25. The second-order valence-electron chi connectivity index (χ2n) is 7.65. The van der Waals surface area contributed by atoms with Crippen LogP contribution in [-0.2, 0) is 7.05 Å². The van der Waals surface area contributed by atoms with Crippen molar-refractivity contribution in [3.8, 4) is 5.75 Å². The SMILES string of the molecule is Cl.Cn1c(Nc2nc3ccc(OC(F)(F)F)cc3s2)nc2cc(C(=O)NN3CCCC3)ccc21. The van der Waals surface area contributed by atoms with Crippen molar-refractivity contribution >= 4 is 62.0 Å². The molecule has 8 nitrogen and oxygen atoms in total. The first-order valence-electron chi connectivity index (χ1n) is 10.2. The molecule has 2 N–H and O–H groups in total. The van der Waals surface area contributed by atoms with Crippen LogP contribution in [0.15, 0.2) is 36.4 Å². The Morgan fingerprint density at radius 1 is 1.09 bits per heavy atom. The second-order valence-corrected chi connectivity index (χ2v) is 8.69. The maximum Gasteiger partial charge on any atom is 0.573 e. The van der Waals surface area contributed by atoms with Gasteiger partial charge in [0.25, 0.3) is 5.91 Å². The number of carbonyl (C=O) groups excluding carboxylic acids is 1. The van der Waals surface area contributed by atoms with Gasteiger partial charge in [-0.15, -0.1) is 25.6 Å². The molecule has 2 aromatic heterocycles. The van der Waals surface area contributed by atoms with Gasteiger partial charge in [-0.3, -0.25) is 10.2 Å². The number of amides is 1. The van der Waals surface area contributed by atoms with E-state index in [1.54, 1.807) is 12.1 Å². The molecule has 0 unspecified atom stereocenters. The number of hydrogen-bond donors (Lipinski definition) is 2. The van der Waals surface area contributed by atoms with Crippen molar-refractivity contribution in [3.63, 3.8) is 0 Å². The van der Waals surface area contributed by atoms with Gasteiger partial charge >= 0.3 is 6.36 Å². The van der Waals surface area contributed by atoms with E-state index in [-0.39, 0.29) is 24.1 Å². The fourth-order valence-electron chi connectivity index (χ4n) is 3.74. The monoisotopic (exact) mass is 512 g/mol. The average molecular weight is 513 g/mol. The number of hydrogen-bond acceptors (Lipinski definition) is 7. The molecule has 1 aliphatic heterocycles. The molecular formula is C21H20ClF3N6O2S. The summed E-state index contributed by atoms with van der Waals surface area (Å²) in [4.78, 5) is 21.5. The van der Waals surface area contributed by atoms with Crippen molar-refractivity contribution in [1.29, 1.82) is 0 Å². The molecule has 5 rings (SSSR count). The number of anilines is 2. The summed E-state index contributed by atoms with van der Waals surface area (Å²) in [6.07, 6.45) is -2.62. The summed E-state index contributed by atoms with van der Waals surface area (Å²) < 4.78 is 43.8. The van der Waals surface area contributed by atoms with Gasteiger partial charge in [0, 0.05) is 31.8 Å². The molecule has 4 aromatic rings. The smallest absolute Gasteiger partial charge is 0.406 e. The molecule has 1 fully saturated rings. The normalized spacial score (nSPS) is 14.4. The van der Waals surface area contributed by atoms with Gasteiger partial charge < -0.3 is 14.6 Å². The summed E-state index contributed by atoms with van der Waals surface area (Å²) in [5.41, 5.74) is 5.41. The standard InChI is InChI=1S/C21H19F3N6O2S.ClH/c1-29-16-7-4-12(18(31)28-30-8-2-3-9-30)10-15(16)25-19(29)27-20-26-14-6-5-13(11-17(14)33-20)32-21(22,23)24;/h4-7,10-11H,2-3,8-9H2,1H3,(H,28,31)(H,25,26,27);1H. The van der Waals surface area contributed by atoms with Crippen LogP contribution in [0.4, 0.5) is 24.3 Å². The first-order valence-corrected chi connectivity index (χ1v) is 11.0. The number of hydrazine groups is 1. The van der Waals surface area contributed by atoms with Gasteiger partial charge in [0.1, 0.15) is 5.75 Å². The van der Waals surface area contributed by atoms with Crippen LogP contribution in [0.1, 0.15) is 23.2 Å². The number of imidazole rings is 1. The molecule has 0 aliphatic carbocycles. The van der Waals surface area contributed by atoms with Crippen LogP contribution in [0.2, 0.25) is 0 Å². The number of carbonyl (C=O) groups is 1. The van der Waals surface area contributed by atoms with Crippen molar-refractivity contribution in [3.05, 3.63) is 42.0 Å². The van der Waals surface area contributed by atoms with E-state index >= 15 is 0 Å². The van der Waals surface area contributed by atoms with Crippen LogP contribution in [-0.4, -0.2) is 44.9 Å². The number of fused-ring (bicyclic) bond motifs is 2. The minimum atomic E-state index is -4.75. The fraction of sp³-hybridized carbons (Fsp3) is 0.286. The van der Waals surface area contributed by atoms with Gasteiger partial charge in [-0.05, 0) is 43.2 Å². The highest BCUT2D eigenvalue weighted by molar-refractivity contribution is 7.22. The first kappa shape index (κ1) is 24.0. The molecule has 1 aliphatic rings. The molecule has 0 spiro atoms. The van der Waals surface area contributed by atoms with Gasteiger partial charge in [-0.1, -0.05) is 11.3 Å². The number of halogens is 4. The van der Waals surface area contributed by atoms with Gasteiger partial charge in [-0.25, -0.2) is 15.0 Å². The van der Waals surface area contributed by atoms with E-state index in [0.717, 1.165) is 31.4 Å². The lowest BCUT2D eigenvalue weighted by Crippen LogP contribution is -2.39. The van der Waals surface area contributed by atoms with Crippen molar-refractivity contribution < 1.29 is 22.7 Å². The number of rotatable bonds is 5. The zero-order chi connectivity index (χ0) is 23.2. The van der Waals surface area contributed by atoms with Gasteiger partial charge in [-0.2, -0.15) is 0 Å². The number of aryl methyl sites for hydroxylation is 1. The van der Waals surface area contributed by atoms with Crippen LogP contribution >= 0.6 is 23.7 Å². The van der Waals surface area contributed by atoms with Gasteiger partial charge in [0.05, 0.1) is 21.3 Å². The summed E-state index contributed by atoms with van der Waals surface area (Å²) in [6, 6.07) is 9.29. The Kier molecular flexibility index (Phi) is 6.56. The van der Waals surface area contributed by atoms with E-state index in [4.69, 9.17) is 0 Å². The Bertz CT molecular complexity index is 1350. The molecule has 34 heavy (non-hydrogen) atoms. The minimum Gasteiger partial charge on any atom is -0.406 e. The number of ether oxygens (including phenoxy) is 1. The molecule has 1 saturated heterocycles. The number of benzene rings is 2. The lowest BCUT2D eigenvalue weighted by Gasteiger charge is -2.16. The molecule has 1 amide bonds. The Morgan fingerprint density at radius 2 is 1.85 bits per heavy atom. The zero-order valence-corrected chi connectivity index (χ0v) is 19.5. The lowest BCUT2D eigenvalue weighted by molar-refractivity contribution is -0.274. The summed E-state index contributed by atoms with van der Waals surface area (Å²) in [7, 11) is 1.82. The van der Waals surface area contributed by atoms with E-state index in [0.29, 0.717) is 32.4 Å². The van der Waals surface area contributed by atoms with Crippen LogP contribution in [0.3, 0.4) is 0 Å². The minimum absolute atomic E-state index is 0. The molecule has 3 heterocycles. The zero-order valence-electron chi connectivity index (χ0n) is 17.8. The van der Waals surface area contributed by atoms with E-state index in [1.165, 1.54) is 29.5 Å². The number of thiazole rings is 1. The lowest BCUT2D eigenvalue weighted by atomic mass is 10.2. The predicted octanol–water partition coefficient (Wildman–Crippen LogP) is 4.99. The van der Waals surface area contributed by atoms with Crippen LogP contribution < -0.4 is 15.5 Å². The quantitative estimate of drug-likeness (QED) is 0.392. The van der Waals surface area contributed by atoms with Crippen molar-refractivity contribution in [1.82, 2.24) is 25.0 Å². The van der Waals surface area contributed by atoms with E-state index < -0.39 is 6.36 Å². The first-order chi connectivity index (χ1) is 15.7. The predicted molar refractivity (Wildman–Crippen MR) is 126 cm³/mol. The molecule has 0 bridgehead atoms. The third-order valence-electron chi connectivity index (χ3n) is 5.32. The highest BCUT2D eigenvalue weighted by atomic mass is 35.5.